The van der Waals surface area contributed by atoms with Gasteiger partial charge in [-0.05, 0) is 104 Å². The minimum atomic E-state index is 0.184. The molecule has 9 atom stereocenters. The number of amides is 1. The predicted molar refractivity (Wildman–Crippen MR) is 139 cm³/mol. The third-order valence-corrected chi connectivity index (χ3v) is 11.7. The first-order chi connectivity index (χ1) is 15.7. The molecule has 4 rings (SSSR count). The fourth-order valence-corrected chi connectivity index (χ4v) is 10.00. The Bertz CT molecular complexity index is 676. The lowest BCUT2D eigenvalue weighted by atomic mass is 9.43. The summed E-state index contributed by atoms with van der Waals surface area (Å²) in [5.74, 6) is 6.21. The Morgan fingerprint density at radius 1 is 0.970 bits per heavy atom. The van der Waals surface area contributed by atoms with Crippen LogP contribution in [0.1, 0.15) is 118 Å². The smallest absolute Gasteiger partial charge is 0.221 e. The fourth-order valence-electron chi connectivity index (χ4n) is 10.00. The van der Waals surface area contributed by atoms with Gasteiger partial charge >= 0.3 is 0 Å². The number of nitrogens with two attached hydrogens (primary N) is 1. The molecule has 4 saturated carbocycles. The zero-order chi connectivity index (χ0) is 23.8. The van der Waals surface area contributed by atoms with Crippen LogP contribution in [-0.4, -0.2) is 18.5 Å². The number of hydrogen-bond donors (Lipinski definition) is 2. The highest BCUT2D eigenvalue weighted by molar-refractivity contribution is 5.76. The second kappa shape index (κ2) is 10.2. The van der Waals surface area contributed by atoms with Crippen molar-refractivity contribution >= 4 is 5.91 Å². The van der Waals surface area contributed by atoms with E-state index in [2.05, 4.69) is 39.9 Å². The van der Waals surface area contributed by atoms with Crippen LogP contribution in [0.25, 0.3) is 0 Å². The van der Waals surface area contributed by atoms with Gasteiger partial charge in [-0.15, -0.1) is 0 Å². The Labute approximate surface area is 204 Å². The van der Waals surface area contributed by atoms with E-state index in [1.165, 1.54) is 77.0 Å². The fraction of sp³-hybridized carbons (Fsp3) is 0.967. The Kier molecular flexibility index (Phi) is 7.88. The van der Waals surface area contributed by atoms with E-state index in [1.54, 1.807) is 0 Å². The Morgan fingerprint density at radius 2 is 1.76 bits per heavy atom. The van der Waals surface area contributed by atoms with E-state index in [0.717, 1.165) is 41.4 Å². The number of hydrogen-bond acceptors (Lipinski definition) is 2. The average Bonchev–Trinajstić information content (AvgIpc) is 3.11. The third-order valence-electron chi connectivity index (χ3n) is 11.7. The maximum atomic E-state index is 12.6. The molecule has 190 valence electrons. The SMILES string of the molecule is CC(C)CCC[C@@H](C)[C@H]1CC[C@H]2[C@@H]3CCC4CCCC(NC(=O)CCN)[C@]4(C)[C@H]3CC[C@]12C. The molecule has 0 spiro atoms. The predicted octanol–water partition coefficient (Wildman–Crippen LogP) is 6.94. The lowest BCUT2D eigenvalue weighted by molar-refractivity contribution is -0.139. The molecular formula is C30H54N2O. The quantitative estimate of drug-likeness (QED) is 0.414. The van der Waals surface area contributed by atoms with Crippen molar-refractivity contribution in [1.29, 1.82) is 0 Å². The van der Waals surface area contributed by atoms with Gasteiger partial charge in [0.2, 0.25) is 5.91 Å². The molecule has 2 unspecified atom stereocenters. The number of carbonyl (C=O) groups is 1. The van der Waals surface area contributed by atoms with Crippen molar-refractivity contribution in [2.24, 2.45) is 58.0 Å². The molecule has 0 bridgehead atoms. The first-order valence-corrected chi connectivity index (χ1v) is 14.7. The molecule has 33 heavy (non-hydrogen) atoms. The van der Waals surface area contributed by atoms with Gasteiger partial charge in [-0.3, -0.25) is 4.79 Å². The summed E-state index contributed by atoms with van der Waals surface area (Å²) in [5.41, 5.74) is 6.54. The first-order valence-electron chi connectivity index (χ1n) is 14.7. The number of rotatable bonds is 8. The van der Waals surface area contributed by atoms with E-state index < -0.39 is 0 Å². The van der Waals surface area contributed by atoms with Crippen LogP contribution in [0, 0.1) is 52.3 Å². The zero-order valence-corrected chi connectivity index (χ0v) is 22.5. The highest BCUT2D eigenvalue weighted by Gasteiger charge is 2.62. The maximum absolute atomic E-state index is 12.6. The summed E-state index contributed by atoms with van der Waals surface area (Å²) >= 11 is 0. The van der Waals surface area contributed by atoms with Gasteiger partial charge in [-0.25, -0.2) is 0 Å². The van der Waals surface area contributed by atoms with Crippen molar-refractivity contribution in [2.75, 3.05) is 6.54 Å². The molecule has 0 radical (unpaired) electrons. The minimum absolute atomic E-state index is 0.184. The third kappa shape index (κ3) is 4.66. The lowest BCUT2D eigenvalue weighted by Gasteiger charge is -2.63. The van der Waals surface area contributed by atoms with Crippen LogP contribution in [0.3, 0.4) is 0 Å². The summed E-state index contributed by atoms with van der Waals surface area (Å²) in [6.45, 7) is 13.1. The molecule has 3 heteroatoms. The van der Waals surface area contributed by atoms with Gasteiger partial charge in [0.1, 0.15) is 0 Å². The van der Waals surface area contributed by atoms with E-state index in [0.29, 0.717) is 24.4 Å². The topological polar surface area (TPSA) is 55.1 Å². The molecule has 0 saturated heterocycles. The number of nitrogens with one attached hydrogen (secondary N) is 1. The number of fused-ring (bicyclic) bond motifs is 5. The standard InChI is InChI=1S/C30H54N2O/c1-20(2)8-6-9-21(3)24-14-15-25-23-13-12-22-10-7-11-27(32-28(33)17-19-31)30(22,5)26(23)16-18-29(24,25)4/h20-27H,6-19,31H2,1-5H3,(H,32,33)/t21-,22?,23+,24-,25+,26+,27?,29-,30+/m1/s1. The van der Waals surface area contributed by atoms with Crippen molar-refractivity contribution in [2.45, 2.75) is 124 Å². The summed E-state index contributed by atoms with van der Waals surface area (Å²) < 4.78 is 0. The van der Waals surface area contributed by atoms with Gasteiger partial charge in [0, 0.05) is 19.0 Å². The van der Waals surface area contributed by atoms with Crippen LogP contribution in [0.2, 0.25) is 0 Å². The highest BCUT2D eigenvalue weighted by Crippen LogP contribution is 2.68. The second-order valence-corrected chi connectivity index (χ2v) is 13.6. The minimum Gasteiger partial charge on any atom is -0.353 e. The highest BCUT2D eigenvalue weighted by atomic mass is 16.1. The van der Waals surface area contributed by atoms with Gasteiger partial charge in [-0.1, -0.05) is 60.3 Å². The second-order valence-electron chi connectivity index (χ2n) is 13.6. The van der Waals surface area contributed by atoms with Gasteiger partial charge in [0.25, 0.3) is 0 Å². The van der Waals surface area contributed by atoms with Crippen molar-refractivity contribution in [3.63, 3.8) is 0 Å². The van der Waals surface area contributed by atoms with Gasteiger partial charge in [0.05, 0.1) is 0 Å². The normalized spacial score (nSPS) is 43.5. The Balaban J connectivity index is 1.50. The molecule has 0 aromatic heterocycles. The van der Waals surface area contributed by atoms with E-state index in [4.69, 9.17) is 5.73 Å². The van der Waals surface area contributed by atoms with Crippen LogP contribution in [-0.2, 0) is 4.79 Å². The van der Waals surface area contributed by atoms with Crippen LogP contribution < -0.4 is 11.1 Å². The Hall–Kier alpha value is -0.570. The molecular weight excluding hydrogens is 404 g/mol. The lowest BCUT2D eigenvalue weighted by Crippen LogP contribution is -2.61. The summed E-state index contributed by atoms with van der Waals surface area (Å²) in [7, 11) is 0. The number of carbonyl (C=O) groups excluding carboxylic acids is 1. The maximum Gasteiger partial charge on any atom is 0.221 e. The monoisotopic (exact) mass is 458 g/mol. The van der Waals surface area contributed by atoms with E-state index in [1.807, 2.05) is 0 Å². The summed E-state index contributed by atoms with van der Waals surface area (Å²) in [5, 5.41) is 3.50. The van der Waals surface area contributed by atoms with Crippen molar-refractivity contribution in [3.8, 4) is 0 Å². The Morgan fingerprint density at radius 3 is 2.48 bits per heavy atom. The van der Waals surface area contributed by atoms with E-state index in [-0.39, 0.29) is 11.3 Å². The van der Waals surface area contributed by atoms with E-state index in [9.17, 15) is 4.79 Å². The average molecular weight is 459 g/mol. The van der Waals surface area contributed by atoms with Gasteiger partial charge < -0.3 is 11.1 Å². The molecule has 0 aromatic carbocycles. The molecule has 3 N–H and O–H groups in total. The molecule has 3 nitrogen and oxygen atoms in total. The molecule has 0 aromatic rings. The molecule has 1 amide bonds. The van der Waals surface area contributed by atoms with Crippen molar-refractivity contribution in [1.82, 2.24) is 5.32 Å². The van der Waals surface area contributed by atoms with Gasteiger partial charge in [-0.2, -0.15) is 0 Å². The largest absolute Gasteiger partial charge is 0.353 e. The molecule has 4 fully saturated rings. The molecule has 4 aliphatic rings. The summed E-state index contributed by atoms with van der Waals surface area (Å²) in [6, 6.07) is 0.361. The zero-order valence-electron chi connectivity index (χ0n) is 22.5. The van der Waals surface area contributed by atoms with Crippen molar-refractivity contribution in [3.05, 3.63) is 0 Å². The van der Waals surface area contributed by atoms with Crippen LogP contribution in [0.15, 0.2) is 0 Å². The molecule has 4 aliphatic carbocycles. The molecule has 0 heterocycles. The first kappa shape index (κ1) is 25.5. The van der Waals surface area contributed by atoms with E-state index >= 15 is 0 Å². The van der Waals surface area contributed by atoms with Crippen LogP contribution >= 0.6 is 0 Å². The van der Waals surface area contributed by atoms with Gasteiger partial charge in [0.15, 0.2) is 0 Å². The van der Waals surface area contributed by atoms with Crippen LogP contribution in [0.5, 0.6) is 0 Å². The van der Waals surface area contributed by atoms with Crippen molar-refractivity contribution < 1.29 is 4.79 Å². The summed E-state index contributed by atoms with van der Waals surface area (Å²) in [4.78, 5) is 12.6. The summed E-state index contributed by atoms with van der Waals surface area (Å²) in [6.07, 6.45) is 17.1. The molecule has 0 aliphatic heterocycles. The van der Waals surface area contributed by atoms with Crippen LogP contribution in [0.4, 0.5) is 0 Å².